The molecule has 1 aliphatic carbocycles. The van der Waals surface area contributed by atoms with Gasteiger partial charge in [-0.25, -0.2) is 0 Å². The van der Waals surface area contributed by atoms with Crippen molar-refractivity contribution in [3.63, 3.8) is 0 Å². The standard InChI is InChI=1S/C13H16F3NO2.ClH/c1-18-11-6-5-9(19-13(14,15)16)7-10(11)12(17)8-3-2-4-8;/h5-8,12H,2-4,17H2,1H3;1H/t12-;/m1./s1. The van der Waals surface area contributed by atoms with E-state index in [-0.39, 0.29) is 24.2 Å². The molecule has 0 radical (unpaired) electrons. The van der Waals surface area contributed by atoms with Crippen LogP contribution in [0.2, 0.25) is 0 Å². The highest BCUT2D eigenvalue weighted by Gasteiger charge is 2.32. The summed E-state index contributed by atoms with van der Waals surface area (Å²) in [6.45, 7) is 0. The van der Waals surface area contributed by atoms with Gasteiger partial charge in [0.15, 0.2) is 0 Å². The normalized spacial score (nSPS) is 16.9. The Morgan fingerprint density at radius 3 is 2.40 bits per heavy atom. The van der Waals surface area contributed by atoms with Gasteiger partial charge in [0, 0.05) is 11.6 Å². The van der Waals surface area contributed by atoms with Crippen LogP contribution >= 0.6 is 12.4 Å². The van der Waals surface area contributed by atoms with Crippen LogP contribution in [-0.2, 0) is 0 Å². The Balaban J connectivity index is 0.00000200. The van der Waals surface area contributed by atoms with Crippen LogP contribution in [0.3, 0.4) is 0 Å². The highest BCUT2D eigenvalue weighted by Crippen LogP contribution is 2.40. The summed E-state index contributed by atoms with van der Waals surface area (Å²) < 4.78 is 45.7. The van der Waals surface area contributed by atoms with Crippen molar-refractivity contribution in [2.45, 2.75) is 31.7 Å². The molecular formula is C13H17ClF3NO2. The molecule has 20 heavy (non-hydrogen) atoms. The number of hydrogen-bond donors (Lipinski definition) is 1. The predicted octanol–water partition coefficient (Wildman–Crippen LogP) is 3.82. The van der Waals surface area contributed by atoms with Crippen LogP contribution < -0.4 is 15.2 Å². The van der Waals surface area contributed by atoms with Gasteiger partial charge in [-0.15, -0.1) is 25.6 Å². The number of benzene rings is 1. The summed E-state index contributed by atoms with van der Waals surface area (Å²) in [5, 5.41) is 0. The fourth-order valence-corrected chi connectivity index (χ4v) is 2.22. The molecule has 1 atom stereocenters. The molecular weight excluding hydrogens is 295 g/mol. The minimum Gasteiger partial charge on any atom is -0.496 e. The molecule has 1 saturated carbocycles. The molecule has 2 N–H and O–H groups in total. The fraction of sp³-hybridized carbons (Fsp3) is 0.538. The first-order chi connectivity index (χ1) is 8.90. The summed E-state index contributed by atoms with van der Waals surface area (Å²) in [4.78, 5) is 0. The van der Waals surface area contributed by atoms with Gasteiger partial charge in [-0.05, 0) is 37.0 Å². The maximum atomic E-state index is 12.2. The maximum absolute atomic E-state index is 12.2. The molecule has 0 aromatic heterocycles. The minimum atomic E-state index is -4.70. The number of halogens is 4. The molecule has 1 aliphatic rings. The van der Waals surface area contributed by atoms with Crippen LogP contribution in [0.25, 0.3) is 0 Å². The molecule has 1 aromatic carbocycles. The highest BCUT2D eigenvalue weighted by molar-refractivity contribution is 5.85. The van der Waals surface area contributed by atoms with Gasteiger partial charge in [0.1, 0.15) is 11.5 Å². The lowest BCUT2D eigenvalue weighted by atomic mass is 9.77. The van der Waals surface area contributed by atoms with Crippen LogP contribution in [0.1, 0.15) is 30.9 Å². The van der Waals surface area contributed by atoms with E-state index in [0.717, 1.165) is 19.3 Å². The molecule has 0 unspecified atom stereocenters. The van der Waals surface area contributed by atoms with Gasteiger partial charge in [0.2, 0.25) is 0 Å². The SMILES string of the molecule is COc1ccc(OC(F)(F)F)cc1[C@H](N)C1CCC1.Cl. The Morgan fingerprint density at radius 2 is 1.95 bits per heavy atom. The van der Waals surface area contributed by atoms with Crippen molar-refractivity contribution < 1.29 is 22.6 Å². The molecule has 114 valence electrons. The average Bonchev–Trinajstić information content (AvgIpc) is 2.24. The predicted molar refractivity (Wildman–Crippen MR) is 71.2 cm³/mol. The Kier molecular flexibility index (Phi) is 5.53. The summed E-state index contributed by atoms with van der Waals surface area (Å²) >= 11 is 0. The fourth-order valence-electron chi connectivity index (χ4n) is 2.22. The zero-order chi connectivity index (χ0) is 14.0. The summed E-state index contributed by atoms with van der Waals surface area (Å²) in [5.41, 5.74) is 6.66. The van der Waals surface area contributed by atoms with Crippen LogP contribution in [0.5, 0.6) is 11.5 Å². The van der Waals surface area contributed by atoms with Crippen molar-refractivity contribution in [2.75, 3.05) is 7.11 Å². The number of alkyl halides is 3. The molecule has 0 heterocycles. The smallest absolute Gasteiger partial charge is 0.496 e. The third-order valence-electron chi connectivity index (χ3n) is 3.45. The molecule has 0 amide bonds. The topological polar surface area (TPSA) is 44.5 Å². The third-order valence-corrected chi connectivity index (χ3v) is 3.45. The first-order valence-electron chi connectivity index (χ1n) is 6.10. The van der Waals surface area contributed by atoms with Crippen LogP contribution in [0.15, 0.2) is 18.2 Å². The van der Waals surface area contributed by atoms with E-state index in [9.17, 15) is 13.2 Å². The number of hydrogen-bond acceptors (Lipinski definition) is 3. The van der Waals surface area contributed by atoms with Crippen molar-refractivity contribution in [3.05, 3.63) is 23.8 Å². The van der Waals surface area contributed by atoms with E-state index < -0.39 is 6.36 Å². The van der Waals surface area contributed by atoms with Gasteiger partial charge in [-0.3, -0.25) is 0 Å². The van der Waals surface area contributed by atoms with E-state index in [1.807, 2.05) is 0 Å². The first-order valence-corrected chi connectivity index (χ1v) is 6.10. The van der Waals surface area contributed by atoms with Gasteiger partial charge in [-0.1, -0.05) is 6.42 Å². The van der Waals surface area contributed by atoms with Crippen LogP contribution in [0, 0.1) is 5.92 Å². The molecule has 7 heteroatoms. The molecule has 1 fully saturated rings. The van der Waals surface area contributed by atoms with Crippen LogP contribution in [-0.4, -0.2) is 13.5 Å². The number of methoxy groups -OCH3 is 1. The molecule has 1 aromatic rings. The summed E-state index contributed by atoms with van der Waals surface area (Å²) in [6, 6.07) is 3.67. The van der Waals surface area contributed by atoms with Gasteiger partial charge in [0.05, 0.1) is 7.11 Å². The Morgan fingerprint density at radius 1 is 1.30 bits per heavy atom. The van der Waals surface area contributed by atoms with Gasteiger partial charge < -0.3 is 15.2 Å². The molecule has 3 nitrogen and oxygen atoms in total. The van der Waals surface area contributed by atoms with Gasteiger partial charge >= 0.3 is 6.36 Å². The molecule has 0 spiro atoms. The van der Waals surface area contributed by atoms with E-state index in [2.05, 4.69) is 4.74 Å². The van der Waals surface area contributed by atoms with Crippen molar-refractivity contribution in [3.8, 4) is 11.5 Å². The lowest BCUT2D eigenvalue weighted by Gasteiger charge is -2.32. The Hall–Kier alpha value is -1.14. The van der Waals surface area contributed by atoms with E-state index >= 15 is 0 Å². The van der Waals surface area contributed by atoms with E-state index in [4.69, 9.17) is 10.5 Å². The largest absolute Gasteiger partial charge is 0.573 e. The van der Waals surface area contributed by atoms with Gasteiger partial charge in [-0.2, -0.15) is 0 Å². The van der Waals surface area contributed by atoms with E-state index in [0.29, 0.717) is 17.2 Å². The maximum Gasteiger partial charge on any atom is 0.573 e. The molecule has 0 bridgehead atoms. The highest BCUT2D eigenvalue weighted by atomic mass is 35.5. The van der Waals surface area contributed by atoms with Crippen molar-refractivity contribution >= 4 is 12.4 Å². The second-order valence-corrected chi connectivity index (χ2v) is 4.67. The van der Waals surface area contributed by atoms with E-state index in [1.165, 1.54) is 25.3 Å². The second kappa shape index (κ2) is 6.54. The number of rotatable bonds is 4. The lowest BCUT2D eigenvalue weighted by molar-refractivity contribution is -0.274. The zero-order valence-corrected chi connectivity index (χ0v) is 11.8. The molecule has 0 saturated heterocycles. The number of ether oxygens (including phenoxy) is 2. The first kappa shape index (κ1) is 16.9. The average molecular weight is 312 g/mol. The quantitative estimate of drug-likeness (QED) is 0.919. The van der Waals surface area contributed by atoms with Crippen LogP contribution in [0.4, 0.5) is 13.2 Å². The monoisotopic (exact) mass is 311 g/mol. The molecule has 0 aliphatic heterocycles. The zero-order valence-electron chi connectivity index (χ0n) is 10.9. The number of nitrogens with two attached hydrogens (primary N) is 1. The van der Waals surface area contributed by atoms with Crippen molar-refractivity contribution in [1.29, 1.82) is 0 Å². The summed E-state index contributed by atoms with van der Waals surface area (Å²) in [5.74, 6) is 0.530. The minimum absolute atomic E-state index is 0. The lowest BCUT2D eigenvalue weighted by Crippen LogP contribution is -2.27. The van der Waals surface area contributed by atoms with E-state index in [1.54, 1.807) is 0 Å². The van der Waals surface area contributed by atoms with Gasteiger partial charge in [0.25, 0.3) is 0 Å². The summed E-state index contributed by atoms with van der Waals surface area (Å²) in [7, 11) is 1.47. The van der Waals surface area contributed by atoms with Crippen molar-refractivity contribution in [1.82, 2.24) is 0 Å². The Bertz CT molecular complexity index is 450. The summed E-state index contributed by atoms with van der Waals surface area (Å²) in [6.07, 6.45) is -1.60. The third kappa shape index (κ3) is 3.93. The Labute approximate surface area is 121 Å². The second-order valence-electron chi connectivity index (χ2n) is 4.67. The molecule has 2 rings (SSSR count). The van der Waals surface area contributed by atoms with Crippen molar-refractivity contribution in [2.24, 2.45) is 11.7 Å².